The van der Waals surface area contributed by atoms with Crippen molar-refractivity contribution in [1.29, 1.82) is 0 Å². The van der Waals surface area contributed by atoms with Crippen LogP contribution in [0.4, 0.5) is 14.5 Å². The number of hydrogen-bond acceptors (Lipinski definition) is 5. The van der Waals surface area contributed by atoms with Gasteiger partial charge in [0, 0.05) is 6.07 Å². The molecule has 2 heterocycles. The molecule has 0 aliphatic carbocycles. The minimum atomic E-state index is -1.31. The van der Waals surface area contributed by atoms with E-state index in [-0.39, 0.29) is 16.9 Å². The Kier molecular flexibility index (Phi) is 5.30. The van der Waals surface area contributed by atoms with Gasteiger partial charge in [0.15, 0.2) is 0 Å². The predicted octanol–water partition coefficient (Wildman–Crippen LogP) is 4.81. The van der Waals surface area contributed by atoms with Gasteiger partial charge in [0.05, 0.1) is 30.2 Å². The van der Waals surface area contributed by atoms with Crippen molar-refractivity contribution in [2.24, 2.45) is 0 Å². The van der Waals surface area contributed by atoms with Gasteiger partial charge < -0.3 is 14.3 Å². The largest absolute Gasteiger partial charge is 0.507 e. The van der Waals surface area contributed by atoms with Gasteiger partial charge in [0.1, 0.15) is 34.9 Å². The first-order chi connectivity index (χ1) is 15.2. The molecule has 1 amide bonds. The molecule has 1 fully saturated rings. The highest BCUT2D eigenvalue weighted by Crippen LogP contribution is 2.44. The second-order valence-electron chi connectivity index (χ2n) is 7.44. The number of amides is 1. The van der Waals surface area contributed by atoms with E-state index in [2.05, 4.69) is 0 Å². The SMILES string of the molecule is COc1c(C)cc(C)cc1/C(O)=C1/C(=O)C(=O)N(c2cc(F)ccc2F)C1c1ccco1. The van der Waals surface area contributed by atoms with Gasteiger partial charge in [-0.1, -0.05) is 6.07 Å². The number of carbonyl (C=O) groups is 2. The molecule has 1 aliphatic heterocycles. The number of ether oxygens (including phenoxy) is 1. The molecule has 1 aliphatic rings. The molecule has 0 saturated carbocycles. The third-order valence-corrected chi connectivity index (χ3v) is 5.30. The average molecular weight is 439 g/mol. The summed E-state index contributed by atoms with van der Waals surface area (Å²) >= 11 is 0. The molecular weight excluding hydrogens is 420 g/mol. The fourth-order valence-corrected chi connectivity index (χ4v) is 4.01. The Morgan fingerprint density at radius 1 is 1.12 bits per heavy atom. The second kappa shape index (κ2) is 7.96. The van der Waals surface area contributed by atoms with Gasteiger partial charge in [0.2, 0.25) is 0 Å². The summed E-state index contributed by atoms with van der Waals surface area (Å²) in [6, 6.07) is 7.70. The smallest absolute Gasteiger partial charge is 0.300 e. The molecule has 4 rings (SSSR count). The Bertz CT molecular complexity index is 1260. The van der Waals surface area contributed by atoms with E-state index >= 15 is 0 Å². The molecule has 1 aromatic heterocycles. The molecule has 1 unspecified atom stereocenters. The first-order valence-electron chi connectivity index (χ1n) is 9.69. The van der Waals surface area contributed by atoms with Crippen LogP contribution in [0.5, 0.6) is 5.75 Å². The Morgan fingerprint density at radius 2 is 1.88 bits per heavy atom. The fraction of sp³-hybridized carbons (Fsp3) is 0.167. The number of rotatable bonds is 4. The molecule has 32 heavy (non-hydrogen) atoms. The normalized spacial score (nSPS) is 17.8. The number of aliphatic hydroxyl groups excluding tert-OH is 1. The van der Waals surface area contributed by atoms with Crippen molar-refractivity contribution in [3.63, 3.8) is 0 Å². The van der Waals surface area contributed by atoms with E-state index in [1.165, 1.54) is 25.5 Å². The standard InChI is InChI=1S/C24H19F2NO5/c1-12-9-13(2)23(31-3)15(10-12)21(28)19-20(18-5-4-8-32-18)27(24(30)22(19)29)17-11-14(25)6-7-16(17)26/h4-11,20,28H,1-3H3/b21-19-. The Labute approximate surface area is 182 Å². The van der Waals surface area contributed by atoms with Crippen LogP contribution >= 0.6 is 0 Å². The maximum atomic E-state index is 14.6. The van der Waals surface area contributed by atoms with Crippen LogP contribution in [0.3, 0.4) is 0 Å². The molecule has 8 heteroatoms. The lowest BCUT2D eigenvalue weighted by atomic mass is 9.96. The number of halogens is 2. The summed E-state index contributed by atoms with van der Waals surface area (Å²) in [6.07, 6.45) is 1.31. The highest BCUT2D eigenvalue weighted by molar-refractivity contribution is 6.51. The second-order valence-corrected chi connectivity index (χ2v) is 7.44. The zero-order valence-electron chi connectivity index (χ0n) is 17.5. The van der Waals surface area contributed by atoms with Gasteiger partial charge in [-0.15, -0.1) is 0 Å². The van der Waals surface area contributed by atoms with Crippen molar-refractivity contribution >= 4 is 23.1 Å². The predicted molar refractivity (Wildman–Crippen MR) is 112 cm³/mol. The quantitative estimate of drug-likeness (QED) is 0.359. The van der Waals surface area contributed by atoms with Crippen LogP contribution < -0.4 is 9.64 Å². The van der Waals surface area contributed by atoms with Gasteiger partial charge >= 0.3 is 0 Å². The lowest BCUT2D eigenvalue weighted by Gasteiger charge is -2.24. The summed E-state index contributed by atoms with van der Waals surface area (Å²) < 4.78 is 39.3. The molecule has 2 aromatic carbocycles. The number of carbonyl (C=O) groups excluding carboxylic acids is 2. The van der Waals surface area contributed by atoms with Crippen molar-refractivity contribution in [2.75, 3.05) is 12.0 Å². The summed E-state index contributed by atoms with van der Waals surface area (Å²) in [4.78, 5) is 26.8. The number of methoxy groups -OCH3 is 1. The monoisotopic (exact) mass is 439 g/mol. The average Bonchev–Trinajstić information content (AvgIpc) is 3.36. The molecule has 1 N–H and O–H groups in total. The van der Waals surface area contributed by atoms with E-state index < -0.39 is 40.8 Å². The molecule has 164 valence electrons. The fourth-order valence-electron chi connectivity index (χ4n) is 4.01. The van der Waals surface area contributed by atoms with Crippen LogP contribution in [-0.4, -0.2) is 23.9 Å². The first-order valence-corrected chi connectivity index (χ1v) is 9.69. The van der Waals surface area contributed by atoms with Gasteiger partial charge in [0.25, 0.3) is 11.7 Å². The van der Waals surface area contributed by atoms with E-state index in [0.29, 0.717) is 11.3 Å². The molecule has 6 nitrogen and oxygen atoms in total. The van der Waals surface area contributed by atoms with Crippen molar-refractivity contribution in [3.8, 4) is 5.75 Å². The minimum Gasteiger partial charge on any atom is -0.507 e. The molecular formula is C24H19F2NO5. The maximum absolute atomic E-state index is 14.6. The summed E-state index contributed by atoms with van der Waals surface area (Å²) in [5.41, 5.74) is 0.912. The Morgan fingerprint density at radius 3 is 2.53 bits per heavy atom. The summed E-state index contributed by atoms with van der Waals surface area (Å²) in [7, 11) is 1.42. The number of furan rings is 1. The minimum absolute atomic E-state index is 0.0951. The van der Waals surface area contributed by atoms with Gasteiger partial charge in [-0.2, -0.15) is 0 Å². The number of aliphatic hydroxyl groups is 1. The molecule has 1 saturated heterocycles. The number of aryl methyl sites for hydroxylation is 2. The number of anilines is 1. The van der Waals surface area contributed by atoms with Gasteiger partial charge in [-0.25, -0.2) is 8.78 Å². The topological polar surface area (TPSA) is 80.0 Å². The van der Waals surface area contributed by atoms with Crippen molar-refractivity contribution in [2.45, 2.75) is 19.9 Å². The number of Topliss-reactive ketones (excluding diaryl/α,β-unsaturated/α-hetero) is 1. The van der Waals surface area contributed by atoms with E-state index in [9.17, 15) is 23.5 Å². The third kappa shape index (κ3) is 3.33. The van der Waals surface area contributed by atoms with Crippen molar-refractivity contribution < 1.29 is 32.6 Å². The van der Waals surface area contributed by atoms with Crippen LogP contribution in [0.2, 0.25) is 0 Å². The zero-order valence-corrected chi connectivity index (χ0v) is 17.5. The summed E-state index contributed by atoms with van der Waals surface area (Å²) in [6.45, 7) is 3.57. The van der Waals surface area contributed by atoms with Gasteiger partial charge in [-0.05, 0) is 55.3 Å². The van der Waals surface area contributed by atoms with Crippen molar-refractivity contribution in [3.05, 3.63) is 88.4 Å². The summed E-state index contributed by atoms with van der Waals surface area (Å²) in [5, 5.41) is 11.2. The lowest BCUT2D eigenvalue weighted by Crippen LogP contribution is -2.30. The van der Waals surface area contributed by atoms with Gasteiger partial charge in [-0.3, -0.25) is 14.5 Å². The highest BCUT2D eigenvalue weighted by atomic mass is 19.1. The lowest BCUT2D eigenvalue weighted by molar-refractivity contribution is -0.132. The summed E-state index contributed by atoms with van der Waals surface area (Å²) in [5.74, 6) is -3.99. The first kappa shape index (κ1) is 21.3. The number of hydrogen-bond donors (Lipinski definition) is 1. The molecule has 1 atom stereocenters. The van der Waals surface area contributed by atoms with Crippen LogP contribution in [0.1, 0.15) is 28.5 Å². The number of benzene rings is 2. The van der Waals surface area contributed by atoms with Crippen LogP contribution in [0, 0.1) is 25.5 Å². The molecule has 0 spiro atoms. The van der Waals surface area contributed by atoms with E-state index in [4.69, 9.17) is 9.15 Å². The zero-order chi connectivity index (χ0) is 23.2. The Balaban J connectivity index is 2.01. The number of nitrogens with zero attached hydrogens (tertiary/aromatic N) is 1. The molecule has 3 aromatic rings. The van der Waals surface area contributed by atoms with Crippen molar-refractivity contribution in [1.82, 2.24) is 0 Å². The molecule has 0 radical (unpaired) electrons. The maximum Gasteiger partial charge on any atom is 0.300 e. The third-order valence-electron chi connectivity index (χ3n) is 5.30. The Hall–Kier alpha value is -3.94. The molecule has 0 bridgehead atoms. The highest BCUT2D eigenvalue weighted by Gasteiger charge is 2.49. The van der Waals surface area contributed by atoms with Crippen LogP contribution in [-0.2, 0) is 9.59 Å². The van der Waals surface area contributed by atoms with E-state index in [0.717, 1.165) is 28.7 Å². The van der Waals surface area contributed by atoms with Crippen LogP contribution in [0.15, 0.2) is 58.7 Å². The van der Waals surface area contributed by atoms with Crippen LogP contribution in [0.25, 0.3) is 5.76 Å². The number of ketones is 1. The van der Waals surface area contributed by atoms with E-state index in [1.54, 1.807) is 19.9 Å². The van der Waals surface area contributed by atoms with E-state index in [1.807, 2.05) is 6.07 Å².